The summed E-state index contributed by atoms with van der Waals surface area (Å²) in [6.07, 6.45) is 5.27. The molecule has 13 heavy (non-hydrogen) atoms. The van der Waals surface area contributed by atoms with Crippen molar-refractivity contribution in [2.75, 3.05) is 19.6 Å². The zero-order valence-corrected chi connectivity index (χ0v) is 9.40. The molecule has 0 radical (unpaired) electrons. The average molecular weight is 187 g/mol. The number of nitrogens with one attached hydrogen (secondary N) is 2. The smallest absolute Gasteiger partial charge is 0.0288 e. The molecule has 2 N–H and O–H groups in total. The lowest BCUT2D eigenvalue weighted by molar-refractivity contribution is 0.117. The van der Waals surface area contributed by atoms with E-state index >= 15 is 0 Å². The Morgan fingerprint density at radius 1 is 0.846 bits per heavy atom. The van der Waals surface area contributed by atoms with Crippen LogP contribution in [0.3, 0.4) is 0 Å². The van der Waals surface area contributed by atoms with Gasteiger partial charge < -0.3 is 0 Å². The highest BCUT2D eigenvalue weighted by atomic mass is 15.7. The third-order valence-electron chi connectivity index (χ3n) is 1.93. The summed E-state index contributed by atoms with van der Waals surface area (Å²) in [6, 6.07) is 0. The minimum Gasteiger partial charge on any atom is -0.242 e. The summed E-state index contributed by atoms with van der Waals surface area (Å²) < 4.78 is 0. The molecule has 0 heterocycles. The average Bonchev–Trinajstić information content (AvgIpc) is 2.13. The molecule has 0 fully saturated rings. The lowest BCUT2D eigenvalue weighted by atomic mass is 10.2. The molecule has 0 saturated heterocycles. The molecule has 0 aliphatic carbocycles. The normalized spacial score (nSPS) is 11.1. The van der Waals surface area contributed by atoms with Crippen LogP contribution in [0, 0.1) is 0 Å². The Balaban J connectivity index is 3.33. The van der Waals surface area contributed by atoms with E-state index in [0.717, 1.165) is 19.6 Å². The summed E-state index contributed by atoms with van der Waals surface area (Å²) in [5.74, 6) is 0. The summed E-state index contributed by atoms with van der Waals surface area (Å²) in [6.45, 7) is 9.56. The Labute approximate surface area is 82.8 Å². The number of unbranched alkanes of at least 4 members (excludes halogenated alkanes) is 3. The Bertz CT molecular complexity index is 90.2. The summed E-state index contributed by atoms with van der Waals surface area (Å²) in [5, 5.41) is 2.11. The van der Waals surface area contributed by atoms with E-state index in [1.807, 2.05) is 0 Å². The van der Waals surface area contributed by atoms with Crippen LogP contribution in [0.15, 0.2) is 0 Å². The number of hydrogen-bond donors (Lipinski definition) is 2. The maximum atomic E-state index is 3.28. The van der Waals surface area contributed by atoms with Crippen LogP contribution in [0.1, 0.15) is 46.5 Å². The monoisotopic (exact) mass is 187 g/mol. The second-order valence-corrected chi connectivity index (χ2v) is 3.24. The first-order chi connectivity index (χ1) is 6.35. The van der Waals surface area contributed by atoms with E-state index in [4.69, 9.17) is 0 Å². The Hall–Kier alpha value is -0.120. The fourth-order valence-electron chi connectivity index (χ4n) is 1.29. The number of hydrogen-bond acceptors (Lipinski definition) is 3. The predicted octanol–water partition coefficient (Wildman–Crippen LogP) is 1.92. The van der Waals surface area contributed by atoms with E-state index in [2.05, 4.69) is 36.7 Å². The Morgan fingerprint density at radius 2 is 1.46 bits per heavy atom. The van der Waals surface area contributed by atoms with Crippen molar-refractivity contribution in [2.45, 2.75) is 46.5 Å². The third-order valence-corrected chi connectivity index (χ3v) is 1.93. The summed E-state index contributed by atoms with van der Waals surface area (Å²) >= 11 is 0. The van der Waals surface area contributed by atoms with Gasteiger partial charge in [-0.1, -0.05) is 40.0 Å². The van der Waals surface area contributed by atoms with Gasteiger partial charge in [-0.2, -0.15) is 5.12 Å². The van der Waals surface area contributed by atoms with Gasteiger partial charge in [-0.05, 0) is 6.42 Å². The van der Waals surface area contributed by atoms with Gasteiger partial charge in [0.05, 0.1) is 0 Å². The fourth-order valence-corrected chi connectivity index (χ4v) is 1.29. The molecule has 0 spiro atoms. The van der Waals surface area contributed by atoms with Crippen LogP contribution >= 0.6 is 0 Å². The third kappa shape index (κ3) is 8.22. The van der Waals surface area contributed by atoms with Gasteiger partial charge in [0, 0.05) is 19.6 Å². The van der Waals surface area contributed by atoms with Gasteiger partial charge in [-0.15, -0.1) is 0 Å². The van der Waals surface area contributed by atoms with Crippen LogP contribution in [0.25, 0.3) is 0 Å². The first kappa shape index (κ1) is 12.9. The number of nitrogens with zero attached hydrogens (tertiary/aromatic N) is 1. The quantitative estimate of drug-likeness (QED) is 0.426. The molecule has 0 rings (SSSR count). The van der Waals surface area contributed by atoms with E-state index in [9.17, 15) is 0 Å². The van der Waals surface area contributed by atoms with E-state index < -0.39 is 0 Å². The minimum absolute atomic E-state index is 0.987. The van der Waals surface area contributed by atoms with Crippen molar-refractivity contribution >= 4 is 0 Å². The van der Waals surface area contributed by atoms with Crippen LogP contribution in [0.5, 0.6) is 0 Å². The highest BCUT2D eigenvalue weighted by Gasteiger charge is 1.99. The van der Waals surface area contributed by atoms with E-state index in [1.54, 1.807) is 0 Å². The molecular weight excluding hydrogens is 162 g/mol. The molecule has 0 atom stereocenters. The Morgan fingerprint density at radius 3 is 1.92 bits per heavy atom. The zero-order valence-electron chi connectivity index (χ0n) is 9.40. The van der Waals surface area contributed by atoms with Crippen molar-refractivity contribution in [1.29, 1.82) is 0 Å². The fraction of sp³-hybridized carbons (Fsp3) is 1.00. The molecule has 0 aromatic rings. The van der Waals surface area contributed by atoms with Gasteiger partial charge in [0.2, 0.25) is 0 Å². The molecule has 0 aliphatic heterocycles. The second kappa shape index (κ2) is 9.96. The van der Waals surface area contributed by atoms with Crippen molar-refractivity contribution in [3.8, 4) is 0 Å². The van der Waals surface area contributed by atoms with E-state index in [1.165, 1.54) is 25.7 Å². The lowest BCUT2D eigenvalue weighted by Gasteiger charge is -2.22. The van der Waals surface area contributed by atoms with Crippen molar-refractivity contribution < 1.29 is 0 Å². The summed E-state index contributed by atoms with van der Waals surface area (Å²) in [5.41, 5.74) is 6.57. The largest absolute Gasteiger partial charge is 0.242 e. The van der Waals surface area contributed by atoms with Gasteiger partial charge >= 0.3 is 0 Å². The van der Waals surface area contributed by atoms with Crippen molar-refractivity contribution in [3.05, 3.63) is 0 Å². The van der Waals surface area contributed by atoms with Gasteiger partial charge in [0.25, 0.3) is 0 Å². The first-order valence-electron chi connectivity index (χ1n) is 5.59. The van der Waals surface area contributed by atoms with Crippen LogP contribution < -0.4 is 10.9 Å². The molecule has 80 valence electrons. The molecule has 3 heteroatoms. The first-order valence-corrected chi connectivity index (χ1v) is 5.59. The molecular formula is C10H25N3. The summed E-state index contributed by atoms with van der Waals surface area (Å²) in [7, 11) is 0. The molecule has 0 aromatic carbocycles. The van der Waals surface area contributed by atoms with Crippen LogP contribution in [0.2, 0.25) is 0 Å². The van der Waals surface area contributed by atoms with Crippen molar-refractivity contribution in [2.24, 2.45) is 0 Å². The van der Waals surface area contributed by atoms with Gasteiger partial charge in [0.1, 0.15) is 0 Å². The maximum Gasteiger partial charge on any atom is 0.0288 e. The predicted molar refractivity (Wildman–Crippen MR) is 58.2 cm³/mol. The van der Waals surface area contributed by atoms with Crippen molar-refractivity contribution in [1.82, 2.24) is 16.0 Å². The molecule has 0 amide bonds. The van der Waals surface area contributed by atoms with Crippen LogP contribution in [-0.4, -0.2) is 24.8 Å². The lowest BCUT2D eigenvalue weighted by Crippen LogP contribution is -2.48. The van der Waals surface area contributed by atoms with Crippen LogP contribution in [-0.2, 0) is 0 Å². The molecule has 0 bridgehead atoms. The number of hydrazine groups is 2. The SMILES string of the molecule is CCCCCCN(NCC)NCC. The summed E-state index contributed by atoms with van der Waals surface area (Å²) in [4.78, 5) is 0. The standard InChI is InChI=1S/C10H25N3/c1-4-7-8-9-10-13(11-5-2)12-6-3/h11-12H,4-10H2,1-3H3. The van der Waals surface area contributed by atoms with E-state index in [-0.39, 0.29) is 0 Å². The molecule has 0 aromatic heterocycles. The zero-order chi connectivity index (χ0) is 9.94. The minimum atomic E-state index is 0.987. The molecule has 0 aliphatic rings. The molecule has 0 unspecified atom stereocenters. The van der Waals surface area contributed by atoms with Crippen molar-refractivity contribution in [3.63, 3.8) is 0 Å². The second-order valence-electron chi connectivity index (χ2n) is 3.24. The Kier molecular flexibility index (Phi) is 9.87. The number of rotatable bonds is 9. The maximum absolute atomic E-state index is 3.28. The molecule has 3 nitrogen and oxygen atoms in total. The van der Waals surface area contributed by atoms with Crippen LogP contribution in [0.4, 0.5) is 0 Å². The van der Waals surface area contributed by atoms with Gasteiger partial charge in [-0.3, -0.25) is 0 Å². The highest BCUT2D eigenvalue weighted by Crippen LogP contribution is 1.98. The molecule has 0 saturated carbocycles. The highest BCUT2D eigenvalue weighted by molar-refractivity contribution is 4.47. The van der Waals surface area contributed by atoms with Gasteiger partial charge in [0.15, 0.2) is 0 Å². The van der Waals surface area contributed by atoms with E-state index in [0.29, 0.717) is 0 Å². The van der Waals surface area contributed by atoms with Gasteiger partial charge in [-0.25, -0.2) is 10.9 Å². The topological polar surface area (TPSA) is 27.3 Å².